The molecule has 0 saturated carbocycles. The number of hydrogen-bond acceptors (Lipinski definition) is 2. The molecule has 5 heteroatoms. The molecule has 1 aromatic rings. The lowest BCUT2D eigenvalue weighted by Gasteiger charge is -2.09. The number of rotatable bonds is 1. The SMILES string of the molecule is [C-]#[N+]c1cc(SC(=O)N(C)C)ccc1Cl. The molecule has 0 heterocycles. The molecule has 1 aromatic carbocycles. The molecule has 0 radical (unpaired) electrons. The van der Waals surface area contributed by atoms with Crippen molar-refractivity contribution in [2.24, 2.45) is 0 Å². The second-order valence-electron chi connectivity index (χ2n) is 2.99. The molecule has 0 bridgehead atoms. The van der Waals surface area contributed by atoms with Gasteiger partial charge in [-0.2, -0.15) is 0 Å². The Labute approximate surface area is 97.8 Å². The maximum atomic E-state index is 11.4. The molecular formula is C10H9ClN2OS. The summed E-state index contributed by atoms with van der Waals surface area (Å²) in [6.07, 6.45) is 0. The van der Waals surface area contributed by atoms with E-state index in [4.69, 9.17) is 18.2 Å². The molecule has 0 atom stereocenters. The molecule has 0 aliphatic carbocycles. The molecule has 0 aliphatic rings. The van der Waals surface area contributed by atoms with Gasteiger partial charge in [0.15, 0.2) is 0 Å². The van der Waals surface area contributed by atoms with Gasteiger partial charge in [0.2, 0.25) is 5.69 Å². The average Bonchev–Trinajstić information content (AvgIpc) is 2.20. The van der Waals surface area contributed by atoms with Gasteiger partial charge in [-0.3, -0.25) is 4.79 Å². The van der Waals surface area contributed by atoms with E-state index in [1.807, 2.05) is 0 Å². The van der Waals surface area contributed by atoms with E-state index in [-0.39, 0.29) is 5.24 Å². The number of nitrogens with zero attached hydrogens (tertiary/aromatic N) is 2. The molecule has 0 fully saturated rings. The molecule has 1 rings (SSSR count). The van der Waals surface area contributed by atoms with Gasteiger partial charge in [0.05, 0.1) is 6.57 Å². The smallest absolute Gasteiger partial charge is 0.285 e. The minimum atomic E-state index is -0.0757. The predicted molar refractivity (Wildman–Crippen MR) is 62.7 cm³/mol. The van der Waals surface area contributed by atoms with Crippen molar-refractivity contribution in [2.75, 3.05) is 14.1 Å². The van der Waals surface area contributed by atoms with Gasteiger partial charge in [0, 0.05) is 24.0 Å². The number of carbonyl (C=O) groups excluding carboxylic acids is 1. The zero-order valence-electron chi connectivity index (χ0n) is 8.32. The Kier molecular flexibility index (Phi) is 4.01. The first-order chi connectivity index (χ1) is 7.04. The largest absolute Gasteiger partial charge is 0.339 e. The van der Waals surface area contributed by atoms with Crippen LogP contribution >= 0.6 is 23.4 Å². The summed E-state index contributed by atoms with van der Waals surface area (Å²) in [6.45, 7) is 6.88. The Morgan fingerprint density at radius 2 is 2.20 bits per heavy atom. The fourth-order valence-corrected chi connectivity index (χ4v) is 1.68. The average molecular weight is 241 g/mol. The third-order valence-corrected chi connectivity index (χ3v) is 2.96. The normalized spacial score (nSPS) is 9.47. The van der Waals surface area contributed by atoms with Gasteiger partial charge in [-0.05, 0) is 23.9 Å². The van der Waals surface area contributed by atoms with E-state index in [0.29, 0.717) is 10.7 Å². The van der Waals surface area contributed by atoms with E-state index in [9.17, 15) is 4.79 Å². The first-order valence-electron chi connectivity index (χ1n) is 4.10. The van der Waals surface area contributed by atoms with E-state index < -0.39 is 0 Å². The van der Waals surface area contributed by atoms with E-state index in [1.165, 1.54) is 4.90 Å². The first-order valence-corrected chi connectivity index (χ1v) is 5.30. The molecule has 1 amide bonds. The minimum Gasteiger partial charge on any atom is -0.339 e. The summed E-state index contributed by atoms with van der Waals surface area (Å²) in [6, 6.07) is 4.96. The molecule has 0 spiro atoms. The summed E-state index contributed by atoms with van der Waals surface area (Å²) in [4.78, 5) is 16.8. The molecule has 3 nitrogen and oxygen atoms in total. The fourth-order valence-electron chi connectivity index (χ4n) is 0.834. The summed E-state index contributed by atoms with van der Waals surface area (Å²) in [5.74, 6) is 0. The number of hydrogen-bond donors (Lipinski definition) is 0. The van der Waals surface area contributed by atoms with Gasteiger partial charge < -0.3 is 4.90 Å². The van der Waals surface area contributed by atoms with Crippen molar-refractivity contribution < 1.29 is 4.79 Å². The monoisotopic (exact) mass is 240 g/mol. The van der Waals surface area contributed by atoms with Crippen molar-refractivity contribution >= 4 is 34.3 Å². The lowest BCUT2D eigenvalue weighted by atomic mass is 10.3. The van der Waals surface area contributed by atoms with Gasteiger partial charge in [-0.15, -0.1) is 0 Å². The number of halogens is 1. The number of thioether (sulfide) groups is 1. The molecule has 78 valence electrons. The van der Waals surface area contributed by atoms with Crippen LogP contribution in [-0.4, -0.2) is 24.2 Å². The number of benzene rings is 1. The van der Waals surface area contributed by atoms with Crippen LogP contribution in [0.5, 0.6) is 0 Å². The summed E-state index contributed by atoms with van der Waals surface area (Å²) in [7, 11) is 3.36. The molecular weight excluding hydrogens is 232 g/mol. The van der Waals surface area contributed by atoms with Crippen molar-refractivity contribution in [1.82, 2.24) is 4.90 Å². The summed E-state index contributed by atoms with van der Waals surface area (Å²) in [5.41, 5.74) is 0.369. The highest BCUT2D eigenvalue weighted by molar-refractivity contribution is 8.13. The zero-order valence-corrected chi connectivity index (χ0v) is 9.89. The van der Waals surface area contributed by atoms with Crippen LogP contribution in [0.4, 0.5) is 10.5 Å². The van der Waals surface area contributed by atoms with Crippen LogP contribution in [-0.2, 0) is 0 Å². The highest BCUT2D eigenvalue weighted by atomic mass is 35.5. The Balaban J connectivity index is 2.89. The second-order valence-corrected chi connectivity index (χ2v) is 4.42. The summed E-state index contributed by atoms with van der Waals surface area (Å²) in [5, 5.41) is 0.333. The van der Waals surface area contributed by atoms with E-state index in [2.05, 4.69) is 4.85 Å². The van der Waals surface area contributed by atoms with Gasteiger partial charge >= 0.3 is 0 Å². The van der Waals surface area contributed by atoms with Crippen molar-refractivity contribution in [1.29, 1.82) is 0 Å². The standard InChI is InChI=1S/C10H9ClN2OS/c1-12-9-6-7(4-5-8(9)11)15-10(14)13(2)3/h4-6H,2-3H3. The van der Waals surface area contributed by atoms with Crippen LogP contribution in [0.1, 0.15) is 0 Å². The Morgan fingerprint density at radius 1 is 1.53 bits per heavy atom. The fraction of sp³-hybridized carbons (Fsp3) is 0.200. The molecule has 0 N–H and O–H groups in total. The first kappa shape index (κ1) is 11.9. The third-order valence-electron chi connectivity index (χ3n) is 1.61. The maximum Gasteiger partial charge on any atom is 0.285 e. The molecule has 15 heavy (non-hydrogen) atoms. The Hall–Kier alpha value is -1.18. The van der Waals surface area contributed by atoms with Gasteiger partial charge in [0.25, 0.3) is 5.24 Å². The zero-order chi connectivity index (χ0) is 11.4. The van der Waals surface area contributed by atoms with Crippen molar-refractivity contribution in [3.05, 3.63) is 34.6 Å². The Morgan fingerprint density at radius 3 is 2.73 bits per heavy atom. The summed E-state index contributed by atoms with van der Waals surface area (Å²) < 4.78 is 0. The highest BCUT2D eigenvalue weighted by Crippen LogP contribution is 2.31. The van der Waals surface area contributed by atoms with E-state index in [1.54, 1.807) is 32.3 Å². The van der Waals surface area contributed by atoms with Gasteiger partial charge in [-0.25, -0.2) is 4.85 Å². The molecule has 0 aromatic heterocycles. The number of amides is 1. The Bertz CT molecular complexity index is 426. The van der Waals surface area contributed by atoms with Crippen LogP contribution in [0.2, 0.25) is 5.02 Å². The van der Waals surface area contributed by atoms with E-state index >= 15 is 0 Å². The van der Waals surface area contributed by atoms with Crippen molar-refractivity contribution in [3.63, 3.8) is 0 Å². The van der Waals surface area contributed by atoms with Crippen LogP contribution in [0.25, 0.3) is 4.85 Å². The second kappa shape index (κ2) is 5.06. The maximum absolute atomic E-state index is 11.4. The predicted octanol–water partition coefficient (Wildman–Crippen LogP) is 3.66. The lowest BCUT2D eigenvalue weighted by molar-refractivity contribution is 0.241. The quantitative estimate of drug-likeness (QED) is 0.553. The molecule has 0 unspecified atom stereocenters. The van der Waals surface area contributed by atoms with Crippen LogP contribution in [0.15, 0.2) is 23.1 Å². The van der Waals surface area contributed by atoms with Crippen LogP contribution in [0, 0.1) is 6.57 Å². The molecule has 0 saturated heterocycles. The minimum absolute atomic E-state index is 0.0757. The van der Waals surface area contributed by atoms with Gasteiger partial charge in [0.1, 0.15) is 0 Å². The van der Waals surface area contributed by atoms with E-state index in [0.717, 1.165) is 16.7 Å². The lowest BCUT2D eigenvalue weighted by Crippen LogP contribution is -2.15. The number of carbonyl (C=O) groups is 1. The highest BCUT2D eigenvalue weighted by Gasteiger charge is 2.08. The topological polar surface area (TPSA) is 24.7 Å². The van der Waals surface area contributed by atoms with Crippen LogP contribution < -0.4 is 0 Å². The third kappa shape index (κ3) is 3.15. The van der Waals surface area contributed by atoms with Crippen molar-refractivity contribution in [2.45, 2.75) is 4.90 Å². The van der Waals surface area contributed by atoms with Crippen LogP contribution in [0.3, 0.4) is 0 Å². The van der Waals surface area contributed by atoms with Crippen molar-refractivity contribution in [3.8, 4) is 0 Å². The van der Waals surface area contributed by atoms with Gasteiger partial charge in [-0.1, -0.05) is 17.7 Å². The summed E-state index contributed by atoms with van der Waals surface area (Å²) >= 11 is 6.85. The molecule has 0 aliphatic heterocycles.